The first-order valence-electron chi connectivity index (χ1n) is 23.3. The summed E-state index contributed by atoms with van der Waals surface area (Å²) in [6, 6.07) is 12.5. The number of aryl methyl sites for hydroxylation is 1. The first-order chi connectivity index (χ1) is 34.6. The second-order valence-electron chi connectivity index (χ2n) is 18.2. The molecular formula is C49H60O24. The van der Waals surface area contributed by atoms with Crippen LogP contribution >= 0.6 is 0 Å². The number of phenols is 4. The molecule has 0 radical (unpaired) electrons. The molecule has 4 aliphatic heterocycles. The number of ether oxygens (including phenoxy) is 9. The van der Waals surface area contributed by atoms with Crippen molar-refractivity contribution in [1.29, 1.82) is 0 Å². The highest BCUT2D eigenvalue weighted by Crippen LogP contribution is 2.48. The number of Topliss-reactive ketones (excluding diaryl/α,β-unsaturated/α-hetero) is 1. The molecule has 19 atom stereocenters. The third kappa shape index (κ3) is 12.2. The fourth-order valence-corrected chi connectivity index (χ4v) is 9.02. The van der Waals surface area contributed by atoms with Gasteiger partial charge in [-0.15, -0.1) is 0 Å². The summed E-state index contributed by atoms with van der Waals surface area (Å²) in [5.74, 6) is -5.03. The SMILES string of the molecule is CC(=O)OC1C(C)OC(OC2C(C)OC(OC3C(C)OC(c4c(O)cc(OC5OC(CO)C(O)C5O)c(C(=O)CCc5ccc(O)cc5)c4O)C(O)C3O)C(O)C2OC(=O)C=Cc2ccc(O)cc2)C(O)C1O. The molecule has 4 fully saturated rings. The van der Waals surface area contributed by atoms with Crippen molar-refractivity contribution < 1.29 is 118 Å². The second kappa shape index (κ2) is 23.3. The van der Waals surface area contributed by atoms with Gasteiger partial charge in [-0.3, -0.25) is 9.59 Å². The van der Waals surface area contributed by atoms with E-state index in [2.05, 4.69) is 0 Å². The van der Waals surface area contributed by atoms with E-state index in [-0.39, 0.29) is 24.3 Å². The molecule has 4 saturated heterocycles. The minimum Gasteiger partial charge on any atom is -0.508 e. The summed E-state index contributed by atoms with van der Waals surface area (Å²) in [6.45, 7) is 4.58. The molecule has 3 aromatic carbocycles. The Morgan fingerprint density at radius 3 is 1.79 bits per heavy atom. The quantitative estimate of drug-likeness (QED) is 0.0476. The fraction of sp³-hybridized carbons (Fsp3) is 0.531. The molecule has 4 heterocycles. The summed E-state index contributed by atoms with van der Waals surface area (Å²) in [5.41, 5.74) is -0.119. The van der Waals surface area contributed by atoms with E-state index in [4.69, 9.17) is 42.6 Å². The van der Waals surface area contributed by atoms with E-state index >= 15 is 0 Å². The molecule has 0 aliphatic carbocycles. The lowest BCUT2D eigenvalue weighted by Gasteiger charge is -2.48. The van der Waals surface area contributed by atoms with Crippen LogP contribution in [0.3, 0.4) is 0 Å². The summed E-state index contributed by atoms with van der Waals surface area (Å²) in [7, 11) is 0. The number of carbonyl (C=O) groups is 3. The fourth-order valence-electron chi connectivity index (χ4n) is 9.02. The summed E-state index contributed by atoms with van der Waals surface area (Å²) >= 11 is 0. The van der Waals surface area contributed by atoms with Crippen LogP contribution < -0.4 is 4.74 Å². The third-order valence-corrected chi connectivity index (χ3v) is 13.0. The van der Waals surface area contributed by atoms with Gasteiger partial charge in [0, 0.05) is 25.5 Å². The van der Waals surface area contributed by atoms with Gasteiger partial charge in [0.2, 0.25) is 6.29 Å². The van der Waals surface area contributed by atoms with Gasteiger partial charge in [-0.25, -0.2) is 4.79 Å². The third-order valence-electron chi connectivity index (χ3n) is 13.0. The van der Waals surface area contributed by atoms with Gasteiger partial charge in [0.15, 0.2) is 30.6 Å². The maximum absolute atomic E-state index is 14.0. The standard InChI is InChI=1S/C49H60O24/c1-19-43(72-49-41(64)46(71-31(56)16-10-24-7-13-26(53)14-8-24)44(21(3)67-49)73-47-40(63)38(61)42(20(2)66-47)68-22(4)51)36(59)37(60)45(65-19)33-28(55)17-29(69-48-39(62)34(57)30(18-50)70-48)32(35(33)58)27(54)15-9-23-5-11-25(52)12-6-23/h5-8,10-14,16-17,19-21,30,34,36-50,52-53,55,57-64H,9,15,18H2,1-4H3. The maximum atomic E-state index is 14.0. The number of benzene rings is 3. The van der Waals surface area contributed by atoms with Gasteiger partial charge in [0.1, 0.15) is 101 Å². The summed E-state index contributed by atoms with van der Waals surface area (Å²) in [5, 5.41) is 130. The predicted molar refractivity (Wildman–Crippen MR) is 243 cm³/mol. The van der Waals surface area contributed by atoms with E-state index in [1.165, 1.54) is 63.2 Å². The van der Waals surface area contributed by atoms with Crippen LogP contribution in [-0.2, 0) is 53.9 Å². The zero-order chi connectivity index (χ0) is 53.2. The number of ketones is 1. The number of rotatable bonds is 16. The van der Waals surface area contributed by atoms with E-state index in [1.54, 1.807) is 12.1 Å². The smallest absolute Gasteiger partial charge is 0.331 e. The Balaban J connectivity index is 1.13. The average Bonchev–Trinajstić information content (AvgIpc) is 3.61. The minimum absolute atomic E-state index is 0.0281. The number of hydrogen-bond donors (Lipinski definition) is 12. The van der Waals surface area contributed by atoms with Crippen LogP contribution in [0.4, 0.5) is 0 Å². The Labute approximate surface area is 416 Å². The molecule has 0 saturated carbocycles. The summed E-state index contributed by atoms with van der Waals surface area (Å²) in [4.78, 5) is 39.1. The average molecular weight is 1030 g/mol. The first-order valence-corrected chi connectivity index (χ1v) is 23.3. The molecule has 0 bridgehead atoms. The number of aromatic hydroxyl groups is 4. The zero-order valence-corrected chi connectivity index (χ0v) is 39.7. The Morgan fingerprint density at radius 1 is 0.616 bits per heavy atom. The van der Waals surface area contributed by atoms with Crippen molar-refractivity contribution in [3.05, 3.63) is 82.9 Å². The van der Waals surface area contributed by atoms with Gasteiger partial charge >= 0.3 is 11.9 Å². The van der Waals surface area contributed by atoms with Crippen molar-refractivity contribution in [3.63, 3.8) is 0 Å². The molecule has 12 N–H and O–H groups in total. The Bertz CT molecular complexity index is 2420. The van der Waals surface area contributed by atoms with Crippen LogP contribution in [0.25, 0.3) is 6.08 Å². The Morgan fingerprint density at radius 2 is 1.18 bits per heavy atom. The van der Waals surface area contributed by atoms with Crippen LogP contribution in [0.2, 0.25) is 0 Å². The van der Waals surface area contributed by atoms with E-state index in [0.717, 1.165) is 19.1 Å². The molecule has 7 rings (SSSR count). The van der Waals surface area contributed by atoms with Crippen molar-refractivity contribution in [2.75, 3.05) is 6.61 Å². The van der Waals surface area contributed by atoms with E-state index in [0.29, 0.717) is 11.1 Å². The van der Waals surface area contributed by atoms with E-state index in [9.17, 15) is 75.7 Å². The number of esters is 2. The second-order valence-corrected chi connectivity index (χ2v) is 18.2. The molecule has 3 aromatic rings. The van der Waals surface area contributed by atoms with Crippen LogP contribution in [0.5, 0.6) is 28.7 Å². The molecule has 400 valence electrons. The van der Waals surface area contributed by atoms with E-state index < -0.39 is 169 Å². The van der Waals surface area contributed by atoms with Gasteiger partial charge in [-0.2, -0.15) is 0 Å². The molecular weight excluding hydrogens is 973 g/mol. The Hall–Kier alpha value is -5.55. The van der Waals surface area contributed by atoms with Crippen LogP contribution in [0.15, 0.2) is 60.7 Å². The number of hydrogen-bond acceptors (Lipinski definition) is 24. The van der Waals surface area contributed by atoms with E-state index in [1.807, 2.05) is 0 Å². The van der Waals surface area contributed by atoms with Crippen molar-refractivity contribution in [1.82, 2.24) is 0 Å². The highest BCUT2D eigenvalue weighted by atomic mass is 16.8. The lowest BCUT2D eigenvalue weighted by Crippen LogP contribution is -2.65. The molecule has 24 nitrogen and oxygen atoms in total. The summed E-state index contributed by atoms with van der Waals surface area (Å²) < 4.78 is 51.9. The normalized spacial score (nSPS) is 35.6. The highest BCUT2D eigenvalue weighted by molar-refractivity contribution is 6.02. The highest BCUT2D eigenvalue weighted by Gasteiger charge is 2.55. The monoisotopic (exact) mass is 1030 g/mol. The molecule has 73 heavy (non-hydrogen) atoms. The Kier molecular flexibility index (Phi) is 17.6. The van der Waals surface area contributed by atoms with Gasteiger partial charge in [-0.05, 0) is 68.7 Å². The largest absolute Gasteiger partial charge is 0.508 e. The van der Waals surface area contributed by atoms with Crippen molar-refractivity contribution in [2.45, 2.75) is 157 Å². The molecule has 19 unspecified atom stereocenters. The molecule has 4 aliphatic rings. The van der Waals surface area contributed by atoms with Crippen molar-refractivity contribution in [2.24, 2.45) is 0 Å². The van der Waals surface area contributed by atoms with Gasteiger partial charge in [0.25, 0.3) is 0 Å². The molecule has 0 amide bonds. The maximum Gasteiger partial charge on any atom is 0.331 e. The number of carbonyl (C=O) groups excluding carboxylic acids is 3. The number of phenolic OH excluding ortho intramolecular Hbond substituents is 4. The van der Waals surface area contributed by atoms with Crippen molar-refractivity contribution >= 4 is 23.8 Å². The van der Waals surface area contributed by atoms with Crippen LogP contribution in [0, 0.1) is 0 Å². The van der Waals surface area contributed by atoms with Gasteiger partial charge in [-0.1, -0.05) is 24.3 Å². The number of aliphatic hydroxyl groups is 8. The topological polar surface area (TPSA) is 377 Å². The van der Waals surface area contributed by atoms with Crippen LogP contribution in [-0.4, -0.2) is 196 Å². The predicted octanol–water partition coefficient (Wildman–Crippen LogP) is -0.776. The van der Waals surface area contributed by atoms with Gasteiger partial charge in [0.05, 0.1) is 30.5 Å². The number of aliphatic hydroxyl groups excluding tert-OH is 8. The molecule has 24 heteroatoms. The lowest BCUT2D eigenvalue weighted by atomic mass is 9.88. The minimum atomic E-state index is -2.09. The lowest BCUT2D eigenvalue weighted by molar-refractivity contribution is -0.366. The first kappa shape index (κ1) is 55.2. The van der Waals surface area contributed by atoms with Crippen molar-refractivity contribution in [3.8, 4) is 28.7 Å². The summed E-state index contributed by atoms with van der Waals surface area (Å²) in [6.07, 6.45) is -29.0. The zero-order valence-electron chi connectivity index (χ0n) is 39.7. The van der Waals surface area contributed by atoms with Crippen LogP contribution in [0.1, 0.15) is 67.3 Å². The molecule has 0 aromatic heterocycles. The molecule has 0 spiro atoms. The van der Waals surface area contributed by atoms with Gasteiger partial charge < -0.3 is 104 Å².